The van der Waals surface area contributed by atoms with Gasteiger partial charge in [0.1, 0.15) is 0 Å². The van der Waals surface area contributed by atoms with Gasteiger partial charge in [0.2, 0.25) is 5.78 Å². The molecule has 0 spiro atoms. The van der Waals surface area contributed by atoms with Gasteiger partial charge in [-0.25, -0.2) is 4.79 Å². The summed E-state index contributed by atoms with van der Waals surface area (Å²) in [4.78, 5) is 44.3. The molecule has 30 heavy (non-hydrogen) atoms. The molecule has 0 saturated heterocycles. The van der Waals surface area contributed by atoms with E-state index in [1.54, 1.807) is 13.8 Å². The highest BCUT2D eigenvalue weighted by molar-refractivity contribution is 6.03. The number of H-pyrrole nitrogens is 1. The van der Waals surface area contributed by atoms with E-state index in [-0.39, 0.29) is 12.1 Å². The smallest absolute Gasteiger partial charge is 0.339 e. The fraction of sp³-hybridized carbons (Fsp3) is 0.304. The second-order valence-electron chi connectivity index (χ2n) is 7.11. The van der Waals surface area contributed by atoms with Crippen LogP contribution in [0.5, 0.6) is 0 Å². The normalized spacial score (nSPS) is 11.9. The summed E-state index contributed by atoms with van der Waals surface area (Å²) in [6.07, 6.45) is -0.458. The number of hydrogen-bond donors (Lipinski definition) is 1. The van der Waals surface area contributed by atoms with Crippen molar-refractivity contribution < 1.29 is 23.9 Å². The molecule has 7 nitrogen and oxygen atoms in total. The first kappa shape index (κ1) is 21.2. The van der Waals surface area contributed by atoms with Crippen LogP contribution in [-0.2, 0) is 20.7 Å². The summed E-state index contributed by atoms with van der Waals surface area (Å²) in [6, 6.07) is 11.6. The number of benzene rings is 1. The zero-order valence-electron chi connectivity index (χ0n) is 17.4. The lowest BCUT2D eigenvalue weighted by atomic mass is 10.1. The number of nitrogens with zero attached hydrogens (tertiary/aromatic N) is 1. The number of nitrogens with one attached hydrogen (secondary N) is 1. The van der Waals surface area contributed by atoms with Gasteiger partial charge in [0.25, 0.3) is 0 Å². The van der Waals surface area contributed by atoms with Gasteiger partial charge in [-0.05, 0) is 38.5 Å². The van der Waals surface area contributed by atoms with Gasteiger partial charge in [-0.1, -0.05) is 24.3 Å². The number of carbonyl (C=O) groups is 3. The van der Waals surface area contributed by atoms with Crippen LogP contribution in [0.2, 0.25) is 0 Å². The van der Waals surface area contributed by atoms with Crippen LogP contribution in [0, 0.1) is 13.8 Å². The highest BCUT2D eigenvalue weighted by atomic mass is 16.5. The van der Waals surface area contributed by atoms with Gasteiger partial charge in [-0.15, -0.1) is 0 Å². The maximum absolute atomic E-state index is 12.7. The Kier molecular flexibility index (Phi) is 6.30. The van der Waals surface area contributed by atoms with E-state index < -0.39 is 23.8 Å². The molecule has 0 aliphatic rings. The third-order valence-electron chi connectivity index (χ3n) is 4.99. The predicted molar refractivity (Wildman–Crippen MR) is 112 cm³/mol. The van der Waals surface area contributed by atoms with Crippen molar-refractivity contribution in [2.24, 2.45) is 0 Å². The van der Waals surface area contributed by atoms with Gasteiger partial charge in [0, 0.05) is 23.2 Å². The number of aromatic amines is 1. The van der Waals surface area contributed by atoms with Crippen molar-refractivity contribution >= 4 is 28.6 Å². The minimum Gasteiger partial charge on any atom is -0.465 e. The number of hydrogen-bond acceptors (Lipinski definition) is 6. The van der Waals surface area contributed by atoms with E-state index in [0.717, 1.165) is 16.6 Å². The van der Waals surface area contributed by atoms with Crippen LogP contribution < -0.4 is 0 Å². The SMILES string of the molecule is COC(=O)c1c(C)[nH]c(C(=O)C(C)OC(=O)CCc2ccc3ccccc3n2)c1C. The molecule has 1 atom stereocenters. The van der Waals surface area contributed by atoms with E-state index in [1.807, 2.05) is 36.4 Å². The van der Waals surface area contributed by atoms with Crippen LogP contribution in [-0.4, -0.2) is 40.9 Å². The molecule has 0 aliphatic heterocycles. The number of para-hydroxylation sites is 1. The number of ether oxygens (including phenoxy) is 2. The van der Waals surface area contributed by atoms with Crippen LogP contribution in [0.3, 0.4) is 0 Å². The maximum Gasteiger partial charge on any atom is 0.339 e. The quantitative estimate of drug-likeness (QED) is 0.473. The highest BCUT2D eigenvalue weighted by Gasteiger charge is 2.27. The molecule has 0 radical (unpaired) electrons. The molecule has 156 valence electrons. The zero-order valence-corrected chi connectivity index (χ0v) is 17.4. The Morgan fingerprint density at radius 2 is 1.83 bits per heavy atom. The Hall–Kier alpha value is -3.48. The highest BCUT2D eigenvalue weighted by Crippen LogP contribution is 2.21. The summed E-state index contributed by atoms with van der Waals surface area (Å²) in [5.74, 6) is -1.41. The molecule has 2 heterocycles. The van der Waals surface area contributed by atoms with E-state index in [9.17, 15) is 14.4 Å². The number of methoxy groups -OCH3 is 1. The van der Waals surface area contributed by atoms with Crippen LogP contribution in [0.4, 0.5) is 0 Å². The second kappa shape index (κ2) is 8.90. The molecule has 0 amide bonds. The van der Waals surface area contributed by atoms with Crippen LogP contribution in [0.15, 0.2) is 36.4 Å². The monoisotopic (exact) mass is 408 g/mol. The summed E-state index contributed by atoms with van der Waals surface area (Å²) in [6.45, 7) is 4.86. The molecule has 7 heteroatoms. The van der Waals surface area contributed by atoms with Crippen molar-refractivity contribution in [3.63, 3.8) is 0 Å². The first-order valence-electron chi connectivity index (χ1n) is 9.67. The number of aromatic nitrogens is 2. The standard InChI is InChI=1S/C23H24N2O5/c1-13-20(23(28)29-4)14(2)24-21(13)22(27)15(3)30-19(26)12-11-17-10-9-16-7-5-6-8-18(16)25-17/h5-10,15,24H,11-12H2,1-4H3. The van der Waals surface area contributed by atoms with Crippen LogP contribution in [0.1, 0.15) is 51.1 Å². The predicted octanol–water partition coefficient (Wildman–Crippen LogP) is 3.71. The van der Waals surface area contributed by atoms with Crippen molar-refractivity contribution in [1.82, 2.24) is 9.97 Å². The number of esters is 2. The zero-order chi connectivity index (χ0) is 21.8. The number of ketones is 1. The maximum atomic E-state index is 12.7. The third kappa shape index (κ3) is 4.40. The summed E-state index contributed by atoms with van der Waals surface area (Å²) in [7, 11) is 1.28. The Morgan fingerprint density at radius 3 is 2.57 bits per heavy atom. The summed E-state index contributed by atoms with van der Waals surface area (Å²) in [5, 5.41) is 1.03. The van der Waals surface area contributed by atoms with Crippen molar-refractivity contribution in [3.8, 4) is 0 Å². The number of carbonyl (C=O) groups excluding carboxylic acids is 3. The average Bonchev–Trinajstić information content (AvgIpc) is 3.04. The van der Waals surface area contributed by atoms with Gasteiger partial charge in [-0.2, -0.15) is 0 Å². The molecule has 0 saturated carbocycles. The van der Waals surface area contributed by atoms with E-state index in [0.29, 0.717) is 23.2 Å². The van der Waals surface area contributed by atoms with E-state index in [1.165, 1.54) is 14.0 Å². The minimum absolute atomic E-state index is 0.110. The molecule has 3 rings (SSSR count). The Morgan fingerprint density at radius 1 is 1.10 bits per heavy atom. The van der Waals surface area contributed by atoms with Gasteiger partial charge in [0.15, 0.2) is 6.10 Å². The molecule has 0 bridgehead atoms. The molecule has 0 aliphatic carbocycles. The molecule has 0 fully saturated rings. The topological polar surface area (TPSA) is 98.4 Å². The molecular weight excluding hydrogens is 384 g/mol. The fourth-order valence-corrected chi connectivity index (χ4v) is 3.40. The number of aryl methyl sites for hydroxylation is 2. The molecule has 1 N–H and O–H groups in total. The second-order valence-corrected chi connectivity index (χ2v) is 7.11. The summed E-state index contributed by atoms with van der Waals surface area (Å²) < 4.78 is 10.1. The first-order chi connectivity index (χ1) is 14.3. The largest absolute Gasteiger partial charge is 0.465 e. The van der Waals surface area contributed by atoms with Gasteiger partial charge < -0.3 is 14.5 Å². The van der Waals surface area contributed by atoms with Crippen molar-refractivity contribution in [3.05, 3.63) is 64.6 Å². The Labute approximate surface area is 174 Å². The number of fused-ring (bicyclic) bond motifs is 1. The molecular formula is C23H24N2O5. The average molecular weight is 408 g/mol. The molecule has 1 aromatic carbocycles. The Bertz CT molecular complexity index is 1120. The van der Waals surface area contributed by atoms with Gasteiger partial charge in [-0.3, -0.25) is 14.6 Å². The van der Waals surface area contributed by atoms with E-state index >= 15 is 0 Å². The van der Waals surface area contributed by atoms with Crippen molar-refractivity contribution in [1.29, 1.82) is 0 Å². The van der Waals surface area contributed by atoms with Crippen LogP contribution in [0.25, 0.3) is 10.9 Å². The van der Waals surface area contributed by atoms with Gasteiger partial charge in [0.05, 0.1) is 30.3 Å². The minimum atomic E-state index is -0.982. The number of pyridine rings is 1. The lowest BCUT2D eigenvalue weighted by Gasteiger charge is -2.12. The molecule has 1 unspecified atom stereocenters. The number of Topliss-reactive ketones (excluding diaryl/α,β-unsaturated/α-hetero) is 1. The molecule has 2 aromatic heterocycles. The first-order valence-corrected chi connectivity index (χ1v) is 9.67. The van der Waals surface area contributed by atoms with Crippen molar-refractivity contribution in [2.45, 2.75) is 39.7 Å². The Balaban J connectivity index is 1.62. The molecule has 3 aromatic rings. The summed E-state index contributed by atoms with van der Waals surface area (Å²) in [5.41, 5.74) is 3.22. The third-order valence-corrected chi connectivity index (χ3v) is 4.99. The van der Waals surface area contributed by atoms with Crippen molar-refractivity contribution in [2.75, 3.05) is 7.11 Å². The van der Waals surface area contributed by atoms with E-state index in [4.69, 9.17) is 9.47 Å². The summed E-state index contributed by atoms with van der Waals surface area (Å²) >= 11 is 0. The fourth-order valence-electron chi connectivity index (χ4n) is 3.40. The lowest BCUT2D eigenvalue weighted by molar-refractivity contribution is -0.146. The van der Waals surface area contributed by atoms with Crippen LogP contribution >= 0.6 is 0 Å². The van der Waals surface area contributed by atoms with Gasteiger partial charge >= 0.3 is 11.9 Å². The lowest BCUT2D eigenvalue weighted by Crippen LogP contribution is -2.25. The van der Waals surface area contributed by atoms with E-state index in [2.05, 4.69) is 9.97 Å². The number of rotatable bonds is 7.